The van der Waals surface area contributed by atoms with Gasteiger partial charge in [-0.1, -0.05) is 12.1 Å². The van der Waals surface area contributed by atoms with Crippen LogP contribution in [-0.4, -0.2) is 43.0 Å². The molecular weight excluding hydrogens is 304 g/mol. The van der Waals surface area contributed by atoms with Crippen molar-refractivity contribution in [3.63, 3.8) is 0 Å². The summed E-state index contributed by atoms with van der Waals surface area (Å²) in [6.07, 6.45) is 3.28. The summed E-state index contributed by atoms with van der Waals surface area (Å²) in [4.78, 5) is 26.4. The number of nitrogens with one attached hydrogen (secondary N) is 1. The van der Waals surface area contributed by atoms with Crippen LogP contribution in [0, 0.1) is 6.92 Å². The second kappa shape index (κ2) is 6.46. The highest BCUT2D eigenvalue weighted by Gasteiger charge is 2.51. The third-order valence-electron chi connectivity index (χ3n) is 5.19. The van der Waals surface area contributed by atoms with Crippen molar-refractivity contribution in [2.75, 3.05) is 20.2 Å². The number of aryl methyl sites for hydroxylation is 1. The standard InChI is InChI=1S/C19H26N2O3/c1-13-6-7-15(11-16(13)24-3)19(8-9-19)18(23)20-14(2)12-21-10-4-5-17(21)22/h6-7,11,14H,4-5,8-10,12H2,1-3H3,(H,20,23)/t14-/m0/s1. The molecule has 3 rings (SSSR count). The Labute approximate surface area is 143 Å². The summed E-state index contributed by atoms with van der Waals surface area (Å²) in [6, 6.07) is 5.98. The molecule has 2 fully saturated rings. The van der Waals surface area contributed by atoms with Crippen LogP contribution in [0.15, 0.2) is 18.2 Å². The Hall–Kier alpha value is -2.04. The number of hydrogen-bond donors (Lipinski definition) is 1. The van der Waals surface area contributed by atoms with Gasteiger partial charge in [0.2, 0.25) is 11.8 Å². The normalized spacial score (nSPS) is 20.0. The maximum Gasteiger partial charge on any atom is 0.230 e. The fourth-order valence-corrected chi connectivity index (χ4v) is 3.52. The molecule has 1 aliphatic heterocycles. The van der Waals surface area contributed by atoms with E-state index in [0.29, 0.717) is 13.0 Å². The Bertz CT molecular complexity index is 652. The largest absolute Gasteiger partial charge is 0.496 e. The SMILES string of the molecule is COc1cc(C2(C(=O)N[C@@H](C)CN3CCCC3=O)CC2)ccc1C. The van der Waals surface area contributed by atoms with E-state index in [1.807, 2.05) is 36.9 Å². The number of likely N-dealkylation sites (tertiary alicyclic amines) is 1. The van der Waals surface area contributed by atoms with E-state index >= 15 is 0 Å². The van der Waals surface area contributed by atoms with Crippen LogP contribution in [0.2, 0.25) is 0 Å². The van der Waals surface area contributed by atoms with E-state index in [-0.39, 0.29) is 17.9 Å². The lowest BCUT2D eigenvalue weighted by atomic mass is 9.93. The van der Waals surface area contributed by atoms with Gasteiger partial charge in [-0.15, -0.1) is 0 Å². The van der Waals surface area contributed by atoms with Crippen molar-refractivity contribution < 1.29 is 14.3 Å². The molecular formula is C19H26N2O3. The molecule has 1 aliphatic carbocycles. The zero-order chi connectivity index (χ0) is 17.3. The Morgan fingerprint density at radius 3 is 2.75 bits per heavy atom. The first-order valence-corrected chi connectivity index (χ1v) is 8.70. The van der Waals surface area contributed by atoms with E-state index < -0.39 is 5.41 Å². The number of ether oxygens (including phenoxy) is 1. The van der Waals surface area contributed by atoms with Gasteiger partial charge in [0.25, 0.3) is 0 Å². The third-order valence-corrected chi connectivity index (χ3v) is 5.19. The molecule has 0 bridgehead atoms. The van der Waals surface area contributed by atoms with Gasteiger partial charge in [0.05, 0.1) is 12.5 Å². The number of hydrogen-bond acceptors (Lipinski definition) is 3. The summed E-state index contributed by atoms with van der Waals surface area (Å²) >= 11 is 0. The topological polar surface area (TPSA) is 58.6 Å². The summed E-state index contributed by atoms with van der Waals surface area (Å²) in [5, 5.41) is 3.11. The quantitative estimate of drug-likeness (QED) is 0.869. The van der Waals surface area contributed by atoms with Crippen molar-refractivity contribution in [2.24, 2.45) is 0 Å². The predicted octanol–water partition coefficient (Wildman–Crippen LogP) is 2.16. The molecule has 1 heterocycles. The van der Waals surface area contributed by atoms with Gasteiger partial charge in [0.1, 0.15) is 5.75 Å². The lowest BCUT2D eigenvalue weighted by Gasteiger charge is -2.24. The first-order chi connectivity index (χ1) is 11.5. The van der Waals surface area contributed by atoms with Crippen LogP contribution >= 0.6 is 0 Å². The summed E-state index contributed by atoms with van der Waals surface area (Å²) in [6.45, 7) is 5.36. The maximum atomic E-state index is 12.8. The Kier molecular flexibility index (Phi) is 4.52. The molecule has 5 nitrogen and oxygen atoms in total. The van der Waals surface area contributed by atoms with Crippen molar-refractivity contribution in [2.45, 2.75) is 51.0 Å². The van der Waals surface area contributed by atoms with Crippen molar-refractivity contribution in [3.8, 4) is 5.75 Å². The van der Waals surface area contributed by atoms with Crippen molar-refractivity contribution in [3.05, 3.63) is 29.3 Å². The number of nitrogens with zero attached hydrogens (tertiary/aromatic N) is 1. The van der Waals surface area contributed by atoms with Gasteiger partial charge in [0.15, 0.2) is 0 Å². The second-order valence-corrected chi connectivity index (χ2v) is 7.08. The minimum atomic E-state index is -0.426. The monoisotopic (exact) mass is 330 g/mol. The highest BCUT2D eigenvalue weighted by Crippen LogP contribution is 2.49. The van der Waals surface area contributed by atoms with Crippen molar-refractivity contribution >= 4 is 11.8 Å². The molecule has 1 N–H and O–H groups in total. The summed E-state index contributed by atoms with van der Waals surface area (Å²) in [5.41, 5.74) is 1.66. The molecule has 1 saturated heterocycles. The highest BCUT2D eigenvalue weighted by atomic mass is 16.5. The number of amides is 2. The van der Waals surface area contributed by atoms with Crippen LogP contribution in [0.4, 0.5) is 0 Å². The number of rotatable bonds is 6. The fourth-order valence-electron chi connectivity index (χ4n) is 3.52. The summed E-state index contributed by atoms with van der Waals surface area (Å²) in [7, 11) is 1.65. The first kappa shape index (κ1) is 16.8. The third kappa shape index (κ3) is 3.12. The van der Waals surface area contributed by atoms with Crippen LogP contribution in [0.3, 0.4) is 0 Å². The molecule has 1 saturated carbocycles. The second-order valence-electron chi connectivity index (χ2n) is 7.08. The maximum absolute atomic E-state index is 12.8. The molecule has 1 aromatic rings. The van der Waals surface area contributed by atoms with Crippen molar-refractivity contribution in [1.29, 1.82) is 0 Å². The Morgan fingerprint density at radius 1 is 1.42 bits per heavy atom. The van der Waals surface area contributed by atoms with E-state index in [1.54, 1.807) is 7.11 Å². The first-order valence-electron chi connectivity index (χ1n) is 8.70. The molecule has 1 aromatic carbocycles. The van der Waals surface area contributed by atoms with Gasteiger partial charge in [-0.05, 0) is 50.3 Å². The summed E-state index contributed by atoms with van der Waals surface area (Å²) < 4.78 is 5.39. The zero-order valence-corrected chi connectivity index (χ0v) is 14.7. The van der Waals surface area contributed by atoms with Crippen LogP contribution in [0.1, 0.15) is 43.7 Å². The van der Waals surface area contributed by atoms with Crippen LogP contribution < -0.4 is 10.1 Å². The van der Waals surface area contributed by atoms with E-state index in [9.17, 15) is 9.59 Å². The number of methoxy groups -OCH3 is 1. The van der Waals surface area contributed by atoms with Gasteiger partial charge in [-0.3, -0.25) is 9.59 Å². The molecule has 0 spiro atoms. The molecule has 0 radical (unpaired) electrons. The highest BCUT2D eigenvalue weighted by molar-refractivity contribution is 5.91. The summed E-state index contributed by atoms with van der Waals surface area (Å²) in [5.74, 6) is 1.08. The Balaban J connectivity index is 1.66. The van der Waals surface area contributed by atoms with Crippen LogP contribution in [-0.2, 0) is 15.0 Å². The molecule has 0 unspecified atom stereocenters. The minimum Gasteiger partial charge on any atom is -0.496 e. The number of carbonyl (C=O) groups excluding carboxylic acids is 2. The minimum absolute atomic E-state index is 0.0376. The van der Waals surface area contributed by atoms with Gasteiger partial charge >= 0.3 is 0 Å². The molecule has 5 heteroatoms. The molecule has 24 heavy (non-hydrogen) atoms. The van der Waals surface area contributed by atoms with Gasteiger partial charge in [-0.2, -0.15) is 0 Å². The average molecular weight is 330 g/mol. The zero-order valence-electron chi connectivity index (χ0n) is 14.7. The average Bonchev–Trinajstić information content (AvgIpc) is 3.27. The van der Waals surface area contributed by atoms with Crippen LogP contribution in [0.25, 0.3) is 0 Å². The van der Waals surface area contributed by atoms with E-state index in [1.165, 1.54) is 0 Å². The van der Waals surface area contributed by atoms with E-state index in [0.717, 1.165) is 42.7 Å². The smallest absolute Gasteiger partial charge is 0.230 e. The van der Waals surface area contributed by atoms with Gasteiger partial charge in [-0.25, -0.2) is 0 Å². The fraction of sp³-hybridized carbons (Fsp3) is 0.579. The van der Waals surface area contributed by atoms with Crippen molar-refractivity contribution in [1.82, 2.24) is 10.2 Å². The van der Waals surface area contributed by atoms with E-state index in [2.05, 4.69) is 5.32 Å². The lowest BCUT2D eigenvalue weighted by molar-refractivity contribution is -0.129. The lowest BCUT2D eigenvalue weighted by Crippen LogP contribution is -2.46. The van der Waals surface area contributed by atoms with Crippen LogP contribution in [0.5, 0.6) is 5.75 Å². The molecule has 2 aliphatic rings. The molecule has 130 valence electrons. The number of carbonyl (C=O) groups is 2. The number of benzene rings is 1. The van der Waals surface area contributed by atoms with Gasteiger partial charge in [0, 0.05) is 25.6 Å². The predicted molar refractivity (Wildman–Crippen MR) is 92.1 cm³/mol. The molecule has 0 aromatic heterocycles. The van der Waals surface area contributed by atoms with Gasteiger partial charge < -0.3 is 15.0 Å². The molecule has 1 atom stereocenters. The molecule has 2 amide bonds. The Morgan fingerprint density at radius 2 is 2.17 bits per heavy atom. The van der Waals surface area contributed by atoms with E-state index in [4.69, 9.17) is 4.74 Å².